The lowest BCUT2D eigenvalue weighted by atomic mass is 10.1. The van der Waals surface area contributed by atoms with Crippen LogP contribution in [0.1, 0.15) is 36.7 Å². The second-order valence-corrected chi connectivity index (χ2v) is 4.81. The maximum atomic E-state index is 12.4. The summed E-state index contributed by atoms with van der Waals surface area (Å²) in [5.74, 6) is 0.821. The number of ether oxygens (including phenoxy) is 1. The van der Waals surface area contributed by atoms with Crippen LogP contribution in [0.15, 0.2) is 16.6 Å². The number of amides is 1. The third kappa shape index (κ3) is 3.05. The molecule has 100 valence electrons. The summed E-state index contributed by atoms with van der Waals surface area (Å²) in [7, 11) is 0. The summed E-state index contributed by atoms with van der Waals surface area (Å²) in [5.41, 5.74) is 1.59. The number of nitrogens with zero attached hydrogens (tertiary/aromatic N) is 1. The van der Waals surface area contributed by atoms with Crippen LogP contribution in [0.2, 0.25) is 0 Å². The van der Waals surface area contributed by atoms with Gasteiger partial charge in [0.15, 0.2) is 0 Å². The van der Waals surface area contributed by atoms with Crippen molar-refractivity contribution in [1.29, 1.82) is 0 Å². The van der Waals surface area contributed by atoms with Gasteiger partial charge in [0.2, 0.25) is 0 Å². The Labute approximate surface area is 117 Å². The Hall–Kier alpha value is -1.03. The highest BCUT2D eigenvalue weighted by Gasteiger charge is 2.20. The fraction of sp³-hybridized carbons (Fsp3) is 0.500. The van der Waals surface area contributed by atoms with Crippen LogP contribution in [0, 0.1) is 6.92 Å². The van der Waals surface area contributed by atoms with Gasteiger partial charge in [0, 0.05) is 23.1 Å². The number of carbonyl (C=O) groups excluding carboxylic acids is 1. The molecule has 0 N–H and O–H groups in total. The minimum absolute atomic E-state index is 0.0472. The van der Waals surface area contributed by atoms with Gasteiger partial charge in [-0.1, -0.05) is 0 Å². The molecule has 0 atom stereocenters. The van der Waals surface area contributed by atoms with Crippen molar-refractivity contribution < 1.29 is 9.53 Å². The smallest absolute Gasteiger partial charge is 0.255 e. The minimum Gasteiger partial charge on any atom is -0.494 e. The Morgan fingerprint density at radius 2 is 1.89 bits per heavy atom. The zero-order valence-corrected chi connectivity index (χ0v) is 13.0. The summed E-state index contributed by atoms with van der Waals surface area (Å²) in [6.45, 7) is 9.84. The maximum Gasteiger partial charge on any atom is 0.255 e. The van der Waals surface area contributed by atoms with Gasteiger partial charge >= 0.3 is 0 Å². The van der Waals surface area contributed by atoms with Gasteiger partial charge in [0.05, 0.1) is 12.2 Å². The predicted molar refractivity (Wildman–Crippen MR) is 77.3 cm³/mol. The summed E-state index contributed by atoms with van der Waals surface area (Å²) in [5, 5.41) is 0. The van der Waals surface area contributed by atoms with Gasteiger partial charge in [-0.05, 0) is 55.8 Å². The van der Waals surface area contributed by atoms with E-state index in [0.29, 0.717) is 25.3 Å². The van der Waals surface area contributed by atoms with Crippen LogP contribution in [-0.2, 0) is 0 Å². The molecule has 0 saturated heterocycles. The van der Waals surface area contributed by atoms with E-state index >= 15 is 0 Å². The van der Waals surface area contributed by atoms with Gasteiger partial charge < -0.3 is 9.64 Å². The minimum atomic E-state index is 0.0472. The standard InChI is InChI=1S/C14H20BrNO2/c1-5-16(6-2)14(17)13-10(4)12(18-7-3)9-8-11(13)15/h8-9H,5-7H2,1-4H3. The first-order valence-corrected chi connectivity index (χ1v) is 7.07. The van der Waals surface area contributed by atoms with Gasteiger partial charge in [-0.15, -0.1) is 0 Å². The number of benzene rings is 1. The highest BCUT2D eigenvalue weighted by atomic mass is 79.9. The lowest BCUT2D eigenvalue weighted by molar-refractivity contribution is 0.0771. The van der Waals surface area contributed by atoms with Crippen LogP contribution in [-0.4, -0.2) is 30.5 Å². The van der Waals surface area contributed by atoms with Crippen molar-refractivity contribution in [1.82, 2.24) is 4.90 Å². The molecule has 1 aromatic carbocycles. The van der Waals surface area contributed by atoms with Crippen LogP contribution in [0.3, 0.4) is 0 Å². The predicted octanol–water partition coefficient (Wildman–Crippen LogP) is 3.64. The quantitative estimate of drug-likeness (QED) is 0.830. The third-order valence-corrected chi connectivity index (χ3v) is 3.59. The normalized spacial score (nSPS) is 10.3. The molecule has 1 aromatic rings. The highest BCUT2D eigenvalue weighted by molar-refractivity contribution is 9.10. The summed E-state index contributed by atoms with van der Waals surface area (Å²) in [6.07, 6.45) is 0. The van der Waals surface area contributed by atoms with Crippen LogP contribution >= 0.6 is 15.9 Å². The van der Waals surface area contributed by atoms with Crippen molar-refractivity contribution in [3.63, 3.8) is 0 Å². The van der Waals surface area contributed by atoms with E-state index in [1.165, 1.54) is 0 Å². The summed E-state index contributed by atoms with van der Waals surface area (Å²) in [4.78, 5) is 14.3. The van der Waals surface area contributed by atoms with Crippen molar-refractivity contribution in [3.8, 4) is 5.75 Å². The molecule has 0 aliphatic rings. The fourth-order valence-electron chi connectivity index (χ4n) is 1.90. The first-order chi connectivity index (χ1) is 8.56. The molecule has 0 radical (unpaired) electrons. The number of halogens is 1. The Morgan fingerprint density at radius 1 is 1.28 bits per heavy atom. The zero-order chi connectivity index (χ0) is 13.7. The number of hydrogen-bond donors (Lipinski definition) is 0. The number of rotatable bonds is 5. The van der Waals surface area contributed by atoms with E-state index in [2.05, 4.69) is 15.9 Å². The number of hydrogen-bond acceptors (Lipinski definition) is 2. The maximum absolute atomic E-state index is 12.4. The summed E-state index contributed by atoms with van der Waals surface area (Å²) >= 11 is 3.46. The average Bonchev–Trinajstić information content (AvgIpc) is 2.35. The van der Waals surface area contributed by atoms with Crippen molar-refractivity contribution >= 4 is 21.8 Å². The number of carbonyl (C=O) groups is 1. The molecule has 0 fully saturated rings. The topological polar surface area (TPSA) is 29.5 Å². The Kier molecular flexibility index (Phi) is 5.66. The molecule has 0 heterocycles. The van der Waals surface area contributed by atoms with Gasteiger partial charge in [-0.25, -0.2) is 0 Å². The van der Waals surface area contributed by atoms with E-state index in [9.17, 15) is 4.79 Å². The van der Waals surface area contributed by atoms with Gasteiger partial charge in [-0.2, -0.15) is 0 Å². The molecule has 0 aliphatic carbocycles. The first-order valence-electron chi connectivity index (χ1n) is 6.27. The molecule has 1 amide bonds. The van der Waals surface area contributed by atoms with E-state index in [0.717, 1.165) is 15.8 Å². The van der Waals surface area contributed by atoms with Crippen molar-refractivity contribution in [2.45, 2.75) is 27.7 Å². The van der Waals surface area contributed by atoms with E-state index in [1.54, 1.807) is 0 Å². The Morgan fingerprint density at radius 3 is 2.39 bits per heavy atom. The second kappa shape index (κ2) is 6.78. The van der Waals surface area contributed by atoms with Gasteiger partial charge in [0.1, 0.15) is 5.75 Å². The molecular formula is C14H20BrNO2. The molecule has 1 rings (SSSR count). The van der Waals surface area contributed by atoms with Crippen molar-refractivity contribution in [3.05, 3.63) is 27.7 Å². The Balaban J connectivity index is 3.21. The molecule has 0 spiro atoms. The summed E-state index contributed by atoms with van der Waals surface area (Å²) in [6, 6.07) is 3.76. The van der Waals surface area contributed by atoms with E-state index < -0.39 is 0 Å². The lowest BCUT2D eigenvalue weighted by Crippen LogP contribution is -2.31. The Bertz CT molecular complexity index is 428. The molecule has 18 heavy (non-hydrogen) atoms. The first kappa shape index (κ1) is 15.0. The molecule has 0 aromatic heterocycles. The van der Waals surface area contributed by atoms with Crippen LogP contribution < -0.4 is 4.74 Å². The third-order valence-electron chi connectivity index (χ3n) is 2.93. The summed E-state index contributed by atoms with van der Waals surface area (Å²) < 4.78 is 6.36. The van der Waals surface area contributed by atoms with Crippen molar-refractivity contribution in [2.24, 2.45) is 0 Å². The highest BCUT2D eigenvalue weighted by Crippen LogP contribution is 2.29. The van der Waals surface area contributed by atoms with E-state index in [1.807, 2.05) is 44.7 Å². The molecule has 0 bridgehead atoms. The molecule has 3 nitrogen and oxygen atoms in total. The largest absolute Gasteiger partial charge is 0.494 e. The second-order valence-electron chi connectivity index (χ2n) is 3.96. The molecule has 0 aliphatic heterocycles. The monoisotopic (exact) mass is 313 g/mol. The molecule has 0 saturated carbocycles. The van der Waals surface area contributed by atoms with Gasteiger partial charge in [-0.3, -0.25) is 4.79 Å². The molecular weight excluding hydrogens is 294 g/mol. The van der Waals surface area contributed by atoms with E-state index in [4.69, 9.17) is 4.74 Å². The van der Waals surface area contributed by atoms with Gasteiger partial charge in [0.25, 0.3) is 5.91 Å². The van der Waals surface area contributed by atoms with Crippen LogP contribution in [0.25, 0.3) is 0 Å². The average molecular weight is 314 g/mol. The molecule has 4 heteroatoms. The SMILES string of the molecule is CCOc1ccc(Br)c(C(=O)N(CC)CC)c1C. The van der Waals surface area contributed by atoms with Crippen molar-refractivity contribution in [2.75, 3.05) is 19.7 Å². The van der Waals surface area contributed by atoms with Crippen LogP contribution in [0.4, 0.5) is 0 Å². The molecule has 0 unspecified atom stereocenters. The fourth-order valence-corrected chi connectivity index (χ4v) is 2.50. The van der Waals surface area contributed by atoms with Crippen LogP contribution in [0.5, 0.6) is 5.75 Å². The van der Waals surface area contributed by atoms with E-state index in [-0.39, 0.29) is 5.91 Å². The zero-order valence-electron chi connectivity index (χ0n) is 11.4. The lowest BCUT2D eigenvalue weighted by Gasteiger charge is -2.21.